The lowest BCUT2D eigenvalue weighted by atomic mass is 10.2. The Bertz CT molecular complexity index is 180. The van der Waals surface area contributed by atoms with E-state index in [2.05, 4.69) is 52.5 Å². The molecule has 0 atom stereocenters. The van der Waals surface area contributed by atoms with Crippen LogP contribution in [0.15, 0.2) is 12.2 Å². The first-order valence-electron chi connectivity index (χ1n) is 5.20. The number of rotatable bonds is 9. The second-order valence-electron chi connectivity index (χ2n) is 3.79. The summed E-state index contributed by atoms with van der Waals surface area (Å²) in [5, 5.41) is 0. The Kier molecular flexibility index (Phi) is 10.2. The lowest BCUT2D eigenvalue weighted by molar-refractivity contribution is 0.151. The van der Waals surface area contributed by atoms with Gasteiger partial charge in [-0.2, -0.15) is 0 Å². The molecule has 0 aliphatic heterocycles. The summed E-state index contributed by atoms with van der Waals surface area (Å²) >= 11 is 10.9. The second kappa shape index (κ2) is 9.39. The third kappa shape index (κ3) is 15.4. The molecule has 0 amide bonds. The summed E-state index contributed by atoms with van der Waals surface area (Å²) in [7, 11) is 0. The molecule has 0 saturated carbocycles. The quantitative estimate of drug-likeness (QED) is 0.213. The number of halogens is 3. The van der Waals surface area contributed by atoms with Gasteiger partial charge in [-0.1, -0.05) is 77.3 Å². The average molecular weight is 423 g/mol. The molecule has 15 heavy (non-hydrogen) atoms. The summed E-state index contributed by atoms with van der Waals surface area (Å²) in [6, 6.07) is 1.22. The second-order valence-corrected chi connectivity index (χ2v) is 27.3. The van der Waals surface area contributed by atoms with Gasteiger partial charge in [0.25, 0.3) is 3.93 Å². The van der Waals surface area contributed by atoms with Crippen LogP contribution in [0.25, 0.3) is 0 Å². The van der Waals surface area contributed by atoms with E-state index >= 15 is 0 Å². The Balaban J connectivity index is 3.09. The van der Waals surface area contributed by atoms with Gasteiger partial charge in [-0.15, -0.1) is 0 Å². The predicted molar refractivity (Wildman–Crippen MR) is 81.4 cm³/mol. The van der Waals surface area contributed by atoms with Crippen LogP contribution in [0.2, 0.25) is 6.04 Å². The lowest BCUT2D eigenvalue weighted by Gasteiger charge is -2.08. The SMILES string of the molecule is C=C(C)COCCCCCC[Si](Br)(Br)Br. The average Bonchev–Trinajstić information content (AvgIpc) is 2.07. The van der Waals surface area contributed by atoms with Gasteiger partial charge >= 0.3 is 0 Å². The highest BCUT2D eigenvalue weighted by Crippen LogP contribution is 2.33. The van der Waals surface area contributed by atoms with Crippen molar-refractivity contribution in [3.05, 3.63) is 12.2 Å². The summed E-state index contributed by atoms with van der Waals surface area (Å²) in [5.74, 6) is 0. The van der Waals surface area contributed by atoms with E-state index in [1.807, 2.05) is 6.92 Å². The minimum atomic E-state index is -1.35. The molecule has 0 radical (unpaired) electrons. The molecule has 0 bridgehead atoms. The highest BCUT2D eigenvalue weighted by atomic mass is 80.0. The van der Waals surface area contributed by atoms with Crippen molar-refractivity contribution in [3.63, 3.8) is 0 Å². The van der Waals surface area contributed by atoms with Crippen molar-refractivity contribution in [1.82, 2.24) is 0 Å². The van der Waals surface area contributed by atoms with Crippen LogP contribution < -0.4 is 0 Å². The molecule has 0 heterocycles. The first-order valence-corrected chi connectivity index (χ1v) is 14.2. The topological polar surface area (TPSA) is 9.23 Å². The molecule has 0 aromatic heterocycles. The Morgan fingerprint density at radius 2 is 1.73 bits per heavy atom. The molecule has 0 fully saturated rings. The van der Waals surface area contributed by atoms with Crippen molar-refractivity contribution in [2.45, 2.75) is 38.7 Å². The van der Waals surface area contributed by atoms with Gasteiger partial charge in [0.2, 0.25) is 0 Å². The Labute approximate surface area is 118 Å². The van der Waals surface area contributed by atoms with Crippen LogP contribution in [0.3, 0.4) is 0 Å². The molecule has 90 valence electrons. The molecular formula is C10H19Br3OSi. The zero-order valence-electron chi connectivity index (χ0n) is 9.20. The number of ether oxygens (including phenoxy) is 1. The van der Waals surface area contributed by atoms with Gasteiger partial charge < -0.3 is 4.74 Å². The zero-order valence-corrected chi connectivity index (χ0v) is 15.0. The van der Waals surface area contributed by atoms with Crippen LogP contribution >= 0.6 is 45.9 Å². The number of hydrogen-bond donors (Lipinski definition) is 0. The van der Waals surface area contributed by atoms with E-state index in [4.69, 9.17) is 4.74 Å². The summed E-state index contributed by atoms with van der Waals surface area (Å²) in [5.41, 5.74) is 1.10. The maximum absolute atomic E-state index is 5.42. The summed E-state index contributed by atoms with van der Waals surface area (Å²) in [6.07, 6.45) is 4.98. The van der Waals surface area contributed by atoms with E-state index < -0.39 is 3.93 Å². The highest BCUT2D eigenvalue weighted by molar-refractivity contribution is 9.72. The van der Waals surface area contributed by atoms with Crippen molar-refractivity contribution in [1.29, 1.82) is 0 Å². The maximum atomic E-state index is 5.42. The monoisotopic (exact) mass is 420 g/mol. The first-order chi connectivity index (χ1) is 6.92. The van der Waals surface area contributed by atoms with Gasteiger partial charge in [0.05, 0.1) is 6.61 Å². The van der Waals surface area contributed by atoms with Crippen LogP contribution in [0.5, 0.6) is 0 Å². The smallest absolute Gasteiger partial charge is 0.267 e. The van der Waals surface area contributed by atoms with Crippen molar-refractivity contribution < 1.29 is 4.74 Å². The number of unbranched alkanes of at least 4 members (excludes halogenated alkanes) is 3. The molecule has 0 aliphatic carbocycles. The fraction of sp³-hybridized carbons (Fsp3) is 0.800. The summed E-state index contributed by atoms with van der Waals surface area (Å²) in [4.78, 5) is 0. The van der Waals surface area contributed by atoms with E-state index in [1.165, 1.54) is 25.3 Å². The van der Waals surface area contributed by atoms with Crippen LogP contribution in [0, 0.1) is 0 Å². The minimum absolute atomic E-state index is 0.709. The van der Waals surface area contributed by atoms with Gasteiger partial charge in [0.1, 0.15) is 0 Å². The Morgan fingerprint density at radius 3 is 2.27 bits per heavy atom. The van der Waals surface area contributed by atoms with Gasteiger partial charge in [-0.05, 0) is 19.4 Å². The highest BCUT2D eigenvalue weighted by Gasteiger charge is 2.20. The lowest BCUT2D eigenvalue weighted by Crippen LogP contribution is -2.05. The Hall–Kier alpha value is 1.36. The van der Waals surface area contributed by atoms with Crippen molar-refractivity contribution in [3.8, 4) is 0 Å². The van der Waals surface area contributed by atoms with Gasteiger partial charge in [-0.3, -0.25) is 0 Å². The molecule has 0 aromatic rings. The standard InChI is InChI=1S/C10H19Br3OSi/c1-10(2)9-14-7-5-3-4-6-8-15(11,12)13/h1,3-9H2,2H3. The van der Waals surface area contributed by atoms with E-state index in [1.54, 1.807) is 0 Å². The maximum Gasteiger partial charge on any atom is 0.267 e. The van der Waals surface area contributed by atoms with E-state index in [0.717, 1.165) is 18.6 Å². The molecule has 0 aromatic carbocycles. The van der Waals surface area contributed by atoms with Gasteiger partial charge in [-0.25, -0.2) is 0 Å². The normalized spacial score (nSPS) is 11.7. The molecule has 1 nitrogen and oxygen atoms in total. The van der Waals surface area contributed by atoms with Crippen molar-refractivity contribution in [2.75, 3.05) is 13.2 Å². The molecule has 0 spiro atoms. The molecule has 5 heteroatoms. The summed E-state index contributed by atoms with van der Waals surface area (Å²) in [6.45, 7) is 7.36. The van der Waals surface area contributed by atoms with E-state index in [-0.39, 0.29) is 0 Å². The van der Waals surface area contributed by atoms with Gasteiger partial charge in [0, 0.05) is 6.61 Å². The fourth-order valence-corrected chi connectivity index (χ4v) is 4.30. The van der Waals surface area contributed by atoms with E-state index in [9.17, 15) is 0 Å². The minimum Gasteiger partial charge on any atom is -0.377 e. The van der Waals surface area contributed by atoms with Gasteiger partial charge in [0.15, 0.2) is 0 Å². The van der Waals surface area contributed by atoms with Crippen molar-refractivity contribution >= 4 is 49.8 Å². The molecule has 0 rings (SSSR count). The van der Waals surface area contributed by atoms with Crippen LogP contribution in [-0.4, -0.2) is 17.1 Å². The van der Waals surface area contributed by atoms with E-state index in [0.29, 0.717) is 6.61 Å². The third-order valence-corrected chi connectivity index (χ3v) is 6.34. The largest absolute Gasteiger partial charge is 0.377 e. The zero-order chi connectivity index (χ0) is 11.7. The molecule has 0 saturated heterocycles. The Morgan fingerprint density at radius 1 is 1.13 bits per heavy atom. The van der Waals surface area contributed by atoms with Crippen molar-refractivity contribution in [2.24, 2.45) is 0 Å². The molecule has 0 unspecified atom stereocenters. The number of hydrogen-bond acceptors (Lipinski definition) is 1. The fourth-order valence-electron chi connectivity index (χ4n) is 1.13. The van der Waals surface area contributed by atoms with Crippen LogP contribution in [0.4, 0.5) is 0 Å². The molecule has 0 N–H and O–H groups in total. The van der Waals surface area contributed by atoms with Crippen LogP contribution in [-0.2, 0) is 4.74 Å². The summed E-state index contributed by atoms with van der Waals surface area (Å²) < 4.78 is 4.07. The molecular weight excluding hydrogens is 404 g/mol. The predicted octanol–water partition coefficient (Wildman–Crippen LogP) is 5.26. The third-order valence-electron chi connectivity index (χ3n) is 1.85. The first kappa shape index (κ1) is 16.4. The van der Waals surface area contributed by atoms with Crippen LogP contribution in [0.1, 0.15) is 32.6 Å². The molecule has 0 aliphatic rings.